The Bertz CT molecular complexity index is 2430. The second-order valence-corrected chi connectivity index (χ2v) is 12.5. The molecule has 8 aromatic rings. The maximum atomic E-state index is 6.97. The van der Waals surface area contributed by atoms with Gasteiger partial charge in [-0.3, -0.25) is 0 Å². The van der Waals surface area contributed by atoms with Gasteiger partial charge in [-0.25, -0.2) is 0 Å². The van der Waals surface area contributed by atoms with E-state index >= 15 is 0 Å². The average molecular weight is 640 g/mol. The van der Waals surface area contributed by atoms with Gasteiger partial charge in [0.1, 0.15) is 11.5 Å². The van der Waals surface area contributed by atoms with E-state index in [0.717, 1.165) is 73.1 Å². The molecule has 2 heteroatoms. The van der Waals surface area contributed by atoms with Crippen LogP contribution in [0.15, 0.2) is 200 Å². The summed E-state index contributed by atoms with van der Waals surface area (Å²) in [7, 11) is 0. The predicted octanol–water partition coefficient (Wildman–Crippen LogP) is 13.6. The zero-order valence-corrected chi connectivity index (χ0v) is 27.4. The van der Waals surface area contributed by atoms with Crippen LogP contribution in [0.3, 0.4) is 0 Å². The first kappa shape index (κ1) is 29.5. The predicted molar refractivity (Wildman–Crippen MR) is 208 cm³/mol. The third kappa shape index (κ3) is 5.24. The normalized spacial score (nSPS) is 11.4. The molecule has 50 heavy (non-hydrogen) atoms. The lowest BCUT2D eigenvalue weighted by atomic mass is 9.88. The van der Waals surface area contributed by atoms with E-state index in [9.17, 15) is 0 Å². The number of hydrogen-bond donors (Lipinski definition) is 0. The zero-order valence-electron chi connectivity index (χ0n) is 27.4. The monoisotopic (exact) mass is 639 g/mol. The van der Waals surface area contributed by atoms with Crippen molar-refractivity contribution in [1.82, 2.24) is 0 Å². The Hall–Kier alpha value is -6.64. The van der Waals surface area contributed by atoms with Gasteiger partial charge >= 0.3 is 0 Å². The summed E-state index contributed by atoms with van der Waals surface area (Å²) in [6, 6.07) is 70.9. The Kier molecular flexibility index (Phi) is 7.53. The summed E-state index contributed by atoms with van der Waals surface area (Å²) in [4.78, 5) is 2.39. The molecule has 0 aliphatic carbocycles. The van der Waals surface area contributed by atoms with Crippen LogP contribution in [0.2, 0.25) is 0 Å². The van der Waals surface area contributed by atoms with E-state index in [1.165, 1.54) is 11.1 Å². The molecule has 1 heterocycles. The Balaban J connectivity index is 1.30. The van der Waals surface area contributed by atoms with Crippen molar-refractivity contribution in [3.05, 3.63) is 200 Å². The number of fused-ring (bicyclic) bond motifs is 5. The summed E-state index contributed by atoms with van der Waals surface area (Å²) in [6.45, 7) is 0. The second-order valence-electron chi connectivity index (χ2n) is 12.5. The van der Waals surface area contributed by atoms with Crippen LogP contribution in [-0.2, 0) is 0 Å². The van der Waals surface area contributed by atoms with Gasteiger partial charge in [0.05, 0.1) is 11.4 Å². The first-order valence-corrected chi connectivity index (χ1v) is 17.0. The molecule has 1 aliphatic rings. The molecule has 236 valence electrons. The van der Waals surface area contributed by atoms with Crippen molar-refractivity contribution in [2.75, 3.05) is 4.90 Å². The summed E-state index contributed by atoms with van der Waals surface area (Å²) in [5, 5.41) is 0. The van der Waals surface area contributed by atoms with E-state index in [0.29, 0.717) is 0 Å². The number of rotatable bonds is 6. The molecule has 0 aromatic heterocycles. The van der Waals surface area contributed by atoms with Crippen molar-refractivity contribution in [3.8, 4) is 67.1 Å². The van der Waals surface area contributed by atoms with Crippen LogP contribution >= 0.6 is 0 Å². The number of benzene rings is 8. The number of ether oxygens (including phenoxy) is 1. The SMILES string of the molecule is c1ccc(-c2ccc(N(c3ccccc3-c3ccccc3)c3cccc4c3-c3ccccc3-c3c(cccc3-c3ccccc3)O4)cc2)cc1. The number of anilines is 3. The fourth-order valence-corrected chi connectivity index (χ4v) is 7.22. The lowest BCUT2D eigenvalue weighted by molar-refractivity contribution is 0.488. The van der Waals surface area contributed by atoms with E-state index in [4.69, 9.17) is 4.74 Å². The molecule has 2 nitrogen and oxygen atoms in total. The van der Waals surface area contributed by atoms with Crippen molar-refractivity contribution in [1.29, 1.82) is 0 Å². The van der Waals surface area contributed by atoms with Gasteiger partial charge in [0, 0.05) is 22.4 Å². The van der Waals surface area contributed by atoms with Crippen LogP contribution in [0, 0.1) is 0 Å². The van der Waals surface area contributed by atoms with Crippen LogP contribution in [-0.4, -0.2) is 0 Å². The minimum absolute atomic E-state index is 0.821. The highest BCUT2D eigenvalue weighted by Gasteiger charge is 2.28. The van der Waals surface area contributed by atoms with E-state index in [1.807, 2.05) is 0 Å². The maximum Gasteiger partial charge on any atom is 0.137 e. The smallest absolute Gasteiger partial charge is 0.137 e. The van der Waals surface area contributed by atoms with Crippen molar-refractivity contribution in [3.63, 3.8) is 0 Å². The van der Waals surface area contributed by atoms with Crippen LogP contribution < -0.4 is 9.64 Å². The molecular weight excluding hydrogens is 607 g/mol. The van der Waals surface area contributed by atoms with E-state index < -0.39 is 0 Å². The van der Waals surface area contributed by atoms with Crippen LogP contribution in [0.25, 0.3) is 55.6 Å². The van der Waals surface area contributed by atoms with Crippen molar-refractivity contribution in [2.45, 2.75) is 0 Å². The Labute approximate surface area is 293 Å². The number of para-hydroxylation sites is 1. The topological polar surface area (TPSA) is 12.5 Å². The third-order valence-corrected chi connectivity index (χ3v) is 9.50. The van der Waals surface area contributed by atoms with Crippen LogP contribution in [0.5, 0.6) is 11.5 Å². The molecule has 0 N–H and O–H groups in total. The van der Waals surface area contributed by atoms with Crippen molar-refractivity contribution in [2.24, 2.45) is 0 Å². The highest BCUT2D eigenvalue weighted by Crippen LogP contribution is 2.55. The highest BCUT2D eigenvalue weighted by molar-refractivity contribution is 6.03. The Morgan fingerprint density at radius 2 is 0.720 bits per heavy atom. The first-order chi connectivity index (χ1) is 24.8. The lowest BCUT2D eigenvalue weighted by Gasteiger charge is -2.30. The molecule has 9 rings (SSSR count). The molecule has 0 unspecified atom stereocenters. The summed E-state index contributed by atoms with van der Waals surface area (Å²) in [5.41, 5.74) is 14.6. The van der Waals surface area contributed by atoms with E-state index in [2.05, 4.69) is 205 Å². The quantitative estimate of drug-likeness (QED) is 0.179. The molecule has 8 aromatic carbocycles. The molecule has 0 bridgehead atoms. The fourth-order valence-electron chi connectivity index (χ4n) is 7.22. The van der Waals surface area contributed by atoms with Gasteiger partial charge in [0.15, 0.2) is 0 Å². The van der Waals surface area contributed by atoms with E-state index in [1.54, 1.807) is 0 Å². The minimum atomic E-state index is 0.821. The van der Waals surface area contributed by atoms with Crippen LogP contribution in [0.4, 0.5) is 17.1 Å². The van der Waals surface area contributed by atoms with Crippen molar-refractivity contribution < 1.29 is 4.74 Å². The van der Waals surface area contributed by atoms with Gasteiger partial charge in [-0.2, -0.15) is 0 Å². The highest BCUT2D eigenvalue weighted by atomic mass is 16.5. The Morgan fingerprint density at radius 3 is 1.38 bits per heavy atom. The largest absolute Gasteiger partial charge is 0.456 e. The molecule has 0 fully saturated rings. The molecule has 0 saturated carbocycles. The maximum absolute atomic E-state index is 6.97. The zero-order chi connectivity index (χ0) is 33.3. The second kappa shape index (κ2) is 12.8. The first-order valence-electron chi connectivity index (χ1n) is 17.0. The van der Waals surface area contributed by atoms with Crippen LogP contribution in [0.1, 0.15) is 0 Å². The van der Waals surface area contributed by atoms with Gasteiger partial charge in [-0.05, 0) is 75.3 Å². The molecule has 0 amide bonds. The summed E-state index contributed by atoms with van der Waals surface area (Å²) in [6.07, 6.45) is 0. The molecule has 0 atom stereocenters. The summed E-state index contributed by atoms with van der Waals surface area (Å²) in [5.74, 6) is 1.67. The number of hydrogen-bond acceptors (Lipinski definition) is 2. The minimum Gasteiger partial charge on any atom is -0.456 e. The van der Waals surface area contributed by atoms with Gasteiger partial charge in [0.2, 0.25) is 0 Å². The van der Waals surface area contributed by atoms with E-state index in [-0.39, 0.29) is 0 Å². The van der Waals surface area contributed by atoms with Gasteiger partial charge in [-0.15, -0.1) is 0 Å². The van der Waals surface area contributed by atoms with Gasteiger partial charge < -0.3 is 9.64 Å². The molecular formula is C48H33NO. The lowest BCUT2D eigenvalue weighted by Crippen LogP contribution is -2.12. The summed E-state index contributed by atoms with van der Waals surface area (Å²) >= 11 is 0. The van der Waals surface area contributed by atoms with Crippen molar-refractivity contribution >= 4 is 17.1 Å². The molecule has 0 spiro atoms. The molecule has 1 aliphatic heterocycles. The molecule has 0 saturated heterocycles. The molecule has 0 radical (unpaired) electrons. The van der Waals surface area contributed by atoms with Gasteiger partial charge in [-0.1, -0.05) is 164 Å². The summed E-state index contributed by atoms with van der Waals surface area (Å²) < 4.78 is 6.97. The Morgan fingerprint density at radius 1 is 0.280 bits per heavy atom. The number of nitrogens with zero attached hydrogens (tertiary/aromatic N) is 1. The standard InChI is InChI=1S/C48H33NO/c1-4-16-34(17-5-1)35-30-32-38(33-31-35)49(43-26-13-12-22-39(43)36-18-6-2-7-19-36)44-27-15-29-46-48(44)42-24-11-10-23-41(42)47-40(25-14-28-45(47)50-46)37-20-8-3-9-21-37/h1-33H. The average Bonchev–Trinajstić information content (AvgIpc) is 3.34. The van der Waals surface area contributed by atoms with Gasteiger partial charge in [0.25, 0.3) is 0 Å². The third-order valence-electron chi connectivity index (χ3n) is 9.50. The fraction of sp³-hybridized carbons (Fsp3) is 0.